The molecule has 6 rings (SSSR count). The fourth-order valence-electron chi connectivity index (χ4n) is 4.92. The van der Waals surface area contributed by atoms with Gasteiger partial charge in [-0.3, -0.25) is 4.79 Å². The lowest BCUT2D eigenvalue weighted by Crippen LogP contribution is -2.30. The quantitative estimate of drug-likeness (QED) is 0.321. The molecule has 1 aliphatic rings. The Labute approximate surface area is 212 Å². The number of nitrogens with one attached hydrogen (secondary N) is 2. The van der Waals surface area contributed by atoms with Crippen molar-refractivity contribution in [3.63, 3.8) is 0 Å². The van der Waals surface area contributed by atoms with Gasteiger partial charge in [-0.05, 0) is 50.2 Å². The van der Waals surface area contributed by atoms with Crippen molar-refractivity contribution >= 4 is 39.4 Å². The number of hydrogen-bond donors (Lipinski definition) is 3. The Morgan fingerprint density at radius 1 is 1.19 bits per heavy atom. The van der Waals surface area contributed by atoms with Gasteiger partial charge in [0.15, 0.2) is 5.65 Å². The van der Waals surface area contributed by atoms with E-state index < -0.39 is 0 Å². The third-order valence-corrected chi connectivity index (χ3v) is 6.73. The topological polar surface area (TPSA) is 133 Å². The zero-order valence-electron chi connectivity index (χ0n) is 20.4. The van der Waals surface area contributed by atoms with Crippen molar-refractivity contribution in [2.75, 3.05) is 31.2 Å². The van der Waals surface area contributed by atoms with Gasteiger partial charge >= 0.3 is 0 Å². The molecule has 1 fully saturated rings. The molecule has 188 valence electrons. The first-order chi connectivity index (χ1) is 18.1. The summed E-state index contributed by atoms with van der Waals surface area (Å²) in [6.07, 6.45) is 3.50. The van der Waals surface area contributed by atoms with Crippen LogP contribution in [-0.2, 0) is 11.2 Å². The molecular weight excluding hydrogens is 470 g/mol. The zero-order valence-corrected chi connectivity index (χ0v) is 20.4. The number of nitrogens with zero attached hydrogens (tertiary/aromatic N) is 4. The summed E-state index contributed by atoms with van der Waals surface area (Å²) in [6.45, 7) is 1.86. The van der Waals surface area contributed by atoms with Crippen molar-refractivity contribution in [3.8, 4) is 17.0 Å². The minimum Gasteiger partial charge on any atom is -0.495 e. The second-order valence-corrected chi connectivity index (χ2v) is 9.12. The number of hydrogen-bond acceptors (Lipinski definition) is 8. The van der Waals surface area contributed by atoms with Crippen molar-refractivity contribution in [2.45, 2.75) is 25.3 Å². The standard InChI is InChI=1S/C27H27N7O3/c1-36-22-13-17(6-7-20(22)32-23(35)14-19-12-16-4-2-3-5-21(16)37-19)25-24-26(28)30-15-31-27(24)34(33-25)18-8-10-29-11-9-18/h2-7,12-13,15,18,29H,8-11,14H2,1H3,(H,32,35)(H2,28,30,31). The summed E-state index contributed by atoms with van der Waals surface area (Å²) in [5.41, 5.74) is 9.80. The van der Waals surface area contributed by atoms with Gasteiger partial charge in [-0.2, -0.15) is 5.10 Å². The van der Waals surface area contributed by atoms with Crippen LogP contribution in [0.2, 0.25) is 0 Å². The molecule has 0 unspecified atom stereocenters. The Bertz CT molecular complexity index is 1570. The number of rotatable bonds is 6. The molecule has 3 aromatic heterocycles. The van der Waals surface area contributed by atoms with Crippen LogP contribution in [0.15, 0.2) is 59.3 Å². The van der Waals surface area contributed by atoms with Gasteiger partial charge in [-0.25, -0.2) is 14.6 Å². The zero-order chi connectivity index (χ0) is 25.4. The van der Waals surface area contributed by atoms with Crippen LogP contribution in [0.5, 0.6) is 5.75 Å². The lowest BCUT2D eigenvalue weighted by molar-refractivity contribution is -0.115. The number of carbonyl (C=O) groups excluding carboxylic acids is 1. The van der Waals surface area contributed by atoms with E-state index >= 15 is 0 Å². The number of nitrogen functional groups attached to an aromatic ring is 1. The van der Waals surface area contributed by atoms with E-state index in [1.807, 2.05) is 47.1 Å². The molecule has 10 nitrogen and oxygen atoms in total. The maximum atomic E-state index is 12.8. The molecule has 0 saturated carbocycles. The monoisotopic (exact) mass is 497 g/mol. The highest BCUT2D eigenvalue weighted by molar-refractivity contribution is 5.99. The lowest BCUT2D eigenvalue weighted by atomic mass is 10.1. The Morgan fingerprint density at radius 2 is 2.03 bits per heavy atom. The van der Waals surface area contributed by atoms with Gasteiger partial charge < -0.3 is 25.5 Å². The van der Waals surface area contributed by atoms with Gasteiger partial charge in [0, 0.05) is 10.9 Å². The molecule has 0 radical (unpaired) electrons. The number of para-hydroxylation sites is 1. The van der Waals surface area contributed by atoms with E-state index in [0.717, 1.165) is 48.1 Å². The summed E-state index contributed by atoms with van der Waals surface area (Å²) in [5, 5.41) is 12.9. The number of furan rings is 1. The smallest absolute Gasteiger partial charge is 0.232 e. The Kier molecular flexibility index (Phi) is 5.93. The van der Waals surface area contributed by atoms with Crippen LogP contribution < -0.4 is 21.1 Å². The predicted octanol–water partition coefficient (Wildman–Crippen LogP) is 3.94. The van der Waals surface area contributed by atoms with Gasteiger partial charge in [-0.15, -0.1) is 0 Å². The second-order valence-electron chi connectivity index (χ2n) is 9.12. The molecule has 10 heteroatoms. The fraction of sp³-hybridized carbons (Fsp3) is 0.259. The number of ether oxygens (including phenoxy) is 1. The molecule has 5 aromatic rings. The first kappa shape index (κ1) is 23.0. The molecule has 2 aromatic carbocycles. The number of anilines is 2. The average molecular weight is 498 g/mol. The number of benzene rings is 2. The van der Waals surface area contributed by atoms with Crippen molar-refractivity contribution in [2.24, 2.45) is 0 Å². The first-order valence-corrected chi connectivity index (χ1v) is 12.3. The van der Waals surface area contributed by atoms with Gasteiger partial charge in [0.2, 0.25) is 5.91 Å². The van der Waals surface area contributed by atoms with Crippen molar-refractivity contribution < 1.29 is 13.9 Å². The molecule has 0 aliphatic carbocycles. The molecule has 1 amide bonds. The Balaban J connectivity index is 1.30. The molecule has 0 atom stereocenters. The van der Waals surface area contributed by atoms with Gasteiger partial charge in [0.25, 0.3) is 0 Å². The highest BCUT2D eigenvalue weighted by Crippen LogP contribution is 2.37. The molecule has 1 saturated heterocycles. The van der Waals surface area contributed by atoms with Gasteiger partial charge in [0.1, 0.15) is 34.9 Å². The third kappa shape index (κ3) is 4.36. The highest BCUT2D eigenvalue weighted by atomic mass is 16.5. The van der Waals surface area contributed by atoms with E-state index in [4.69, 9.17) is 20.0 Å². The normalized spacial score (nSPS) is 14.3. The summed E-state index contributed by atoms with van der Waals surface area (Å²) < 4.78 is 13.4. The van der Waals surface area contributed by atoms with Crippen LogP contribution >= 0.6 is 0 Å². The predicted molar refractivity (Wildman–Crippen MR) is 141 cm³/mol. The van der Waals surface area contributed by atoms with Crippen LogP contribution in [0.4, 0.5) is 11.5 Å². The molecule has 4 N–H and O–H groups in total. The molecule has 1 aliphatic heterocycles. The van der Waals surface area contributed by atoms with Crippen LogP contribution in [0.1, 0.15) is 24.6 Å². The Hall–Kier alpha value is -4.44. The number of carbonyl (C=O) groups is 1. The number of methoxy groups -OCH3 is 1. The summed E-state index contributed by atoms with van der Waals surface area (Å²) >= 11 is 0. The lowest BCUT2D eigenvalue weighted by Gasteiger charge is -2.23. The minimum atomic E-state index is -0.205. The number of fused-ring (bicyclic) bond motifs is 2. The van der Waals surface area contributed by atoms with Crippen LogP contribution in [-0.4, -0.2) is 45.9 Å². The number of aromatic nitrogens is 4. The van der Waals surface area contributed by atoms with Crippen molar-refractivity contribution in [1.29, 1.82) is 0 Å². The van der Waals surface area contributed by atoms with Crippen LogP contribution in [0.25, 0.3) is 33.3 Å². The number of amides is 1. The summed E-state index contributed by atoms with van der Waals surface area (Å²) in [7, 11) is 1.57. The number of piperidine rings is 1. The highest BCUT2D eigenvalue weighted by Gasteiger charge is 2.24. The van der Waals surface area contributed by atoms with Crippen molar-refractivity contribution in [1.82, 2.24) is 25.1 Å². The molecule has 0 spiro atoms. The molecule has 37 heavy (non-hydrogen) atoms. The SMILES string of the molecule is COc1cc(-c2nn(C3CCNCC3)c3ncnc(N)c23)ccc1NC(=O)Cc1cc2ccccc2o1. The average Bonchev–Trinajstić information content (AvgIpc) is 3.51. The van der Waals surface area contributed by atoms with Crippen LogP contribution in [0, 0.1) is 0 Å². The fourth-order valence-corrected chi connectivity index (χ4v) is 4.92. The van der Waals surface area contributed by atoms with E-state index in [9.17, 15) is 4.79 Å². The summed E-state index contributed by atoms with van der Waals surface area (Å²) in [5.74, 6) is 1.28. The van der Waals surface area contributed by atoms with E-state index in [1.165, 1.54) is 6.33 Å². The summed E-state index contributed by atoms with van der Waals surface area (Å²) in [4.78, 5) is 21.5. The maximum absolute atomic E-state index is 12.8. The maximum Gasteiger partial charge on any atom is 0.232 e. The second kappa shape index (κ2) is 9.55. The van der Waals surface area contributed by atoms with E-state index in [1.54, 1.807) is 13.2 Å². The summed E-state index contributed by atoms with van der Waals surface area (Å²) in [6, 6.07) is 15.3. The molecule has 4 heterocycles. The van der Waals surface area contributed by atoms with Gasteiger partial charge in [0.05, 0.1) is 30.6 Å². The third-order valence-electron chi connectivity index (χ3n) is 6.73. The van der Waals surface area contributed by atoms with Gasteiger partial charge in [-0.1, -0.05) is 24.3 Å². The van der Waals surface area contributed by atoms with E-state index in [2.05, 4.69) is 20.6 Å². The molecule has 0 bridgehead atoms. The molecular formula is C27H27N7O3. The first-order valence-electron chi connectivity index (χ1n) is 12.3. The largest absolute Gasteiger partial charge is 0.495 e. The van der Waals surface area contributed by atoms with Crippen molar-refractivity contribution in [3.05, 3.63) is 60.6 Å². The van der Waals surface area contributed by atoms with E-state index in [-0.39, 0.29) is 18.4 Å². The Morgan fingerprint density at radius 3 is 2.84 bits per heavy atom. The number of nitrogens with two attached hydrogens (primary N) is 1. The van der Waals surface area contributed by atoms with E-state index in [0.29, 0.717) is 34.1 Å². The van der Waals surface area contributed by atoms with Crippen LogP contribution in [0.3, 0.4) is 0 Å². The minimum absolute atomic E-state index is 0.110.